The molecule has 0 spiro atoms. The molecule has 2 saturated heterocycles. The van der Waals surface area contributed by atoms with Crippen molar-refractivity contribution in [2.75, 3.05) is 6.54 Å². The maximum Gasteiger partial charge on any atom is 0.325 e. The summed E-state index contributed by atoms with van der Waals surface area (Å²) in [5, 5.41) is 13.4. The number of aliphatic carboxylic acids is 1. The van der Waals surface area contributed by atoms with E-state index in [1.807, 2.05) is 54.6 Å². The fraction of sp³-hybridized carbons (Fsp3) is 0.375. The highest BCUT2D eigenvalue weighted by Crippen LogP contribution is 2.51. The minimum atomic E-state index is -1.48. The first-order valence-electron chi connectivity index (χ1n) is 10.3. The van der Waals surface area contributed by atoms with Crippen LogP contribution in [-0.2, 0) is 14.4 Å². The van der Waals surface area contributed by atoms with E-state index in [9.17, 15) is 19.5 Å². The number of carbonyl (C=O) groups excluding carboxylic acids is 2. The van der Waals surface area contributed by atoms with E-state index in [0.29, 0.717) is 0 Å². The first kappa shape index (κ1) is 20.3. The van der Waals surface area contributed by atoms with Gasteiger partial charge < -0.3 is 5.11 Å². The van der Waals surface area contributed by atoms with Crippen LogP contribution in [-0.4, -0.2) is 39.9 Å². The number of rotatable bonds is 5. The van der Waals surface area contributed by atoms with E-state index in [4.69, 9.17) is 0 Å². The Morgan fingerprint density at radius 1 is 1.03 bits per heavy atom. The normalized spacial score (nSPS) is 28.3. The second-order valence-corrected chi connectivity index (χ2v) is 8.36. The van der Waals surface area contributed by atoms with E-state index >= 15 is 0 Å². The van der Waals surface area contributed by atoms with Crippen LogP contribution in [0.15, 0.2) is 54.6 Å². The molecule has 2 aromatic carbocycles. The fourth-order valence-corrected chi connectivity index (χ4v) is 5.09. The minimum Gasteiger partial charge on any atom is -0.480 e. The smallest absolute Gasteiger partial charge is 0.325 e. The molecule has 0 saturated carbocycles. The lowest BCUT2D eigenvalue weighted by atomic mass is 9.73. The molecule has 2 aliphatic rings. The molecule has 4 atom stereocenters. The van der Waals surface area contributed by atoms with Gasteiger partial charge in [-0.3, -0.25) is 24.6 Å². The van der Waals surface area contributed by atoms with Crippen molar-refractivity contribution in [1.29, 1.82) is 0 Å². The minimum absolute atomic E-state index is 0.248. The van der Waals surface area contributed by atoms with Crippen LogP contribution in [0.2, 0.25) is 0 Å². The second-order valence-electron chi connectivity index (χ2n) is 8.36. The molecule has 0 aromatic heterocycles. The largest absolute Gasteiger partial charge is 0.480 e. The van der Waals surface area contributed by atoms with Gasteiger partial charge in [0.25, 0.3) is 0 Å². The first-order chi connectivity index (χ1) is 14.3. The zero-order valence-corrected chi connectivity index (χ0v) is 17.3. The van der Waals surface area contributed by atoms with E-state index in [1.165, 1.54) is 4.90 Å². The van der Waals surface area contributed by atoms with Gasteiger partial charge in [0.2, 0.25) is 11.8 Å². The van der Waals surface area contributed by atoms with E-state index in [0.717, 1.165) is 16.7 Å². The number of nitrogens with zero attached hydrogens (tertiary/aromatic N) is 1. The summed E-state index contributed by atoms with van der Waals surface area (Å²) in [6.45, 7) is 5.56. The molecule has 6 nitrogen and oxygen atoms in total. The van der Waals surface area contributed by atoms with Crippen molar-refractivity contribution in [1.82, 2.24) is 10.2 Å². The van der Waals surface area contributed by atoms with Crippen LogP contribution in [0.25, 0.3) is 11.1 Å². The maximum absolute atomic E-state index is 13.1. The van der Waals surface area contributed by atoms with Crippen molar-refractivity contribution in [2.45, 2.75) is 32.4 Å². The van der Waals surface area contributed by atoms with Crippen LogP contribution in [0.5, 0.6) is 0 Å². The monoisotopic (exact) mass is 406 g/mol. The number of hydrogen-bond acceptors (Lipinski definition) is 4. The zero-order chi connectivity index (χ0) is 21.6. The third kappa shape index (κ3) is 2.78. The van der Waals surface area contributed by atoms with Crippen molar-refractivity contribution in [3.63, 3.8) is 0 Å². The predicted molar refractivity (Wildman–Crippen MR) is 112 cm³/mol. The molecule has 6 heteroatoms. The third-order valence-corrected chi connectivity index (χ3v) is 6.64. The molecule has 2 fully saturated rings. The molecule has 2 aromatic rings. The summed E-state index contributed by atoms with van der Waals surface area (Å²) in [6.07, 6.45) is 0. The van der Waals surface area contributed by atoms with Gasteiger partial charge in [0.15, 0.2) is 0 Å². The first-order valence-corrected chi connectivity index (χ1v) is 10.3. The van der Waals surface area contributed by atoms with Gasteiger partial charge in [-0.25, -0.2) is 0 Å². The molecule has 0 bridgehead atoms. The predicted octanol–water partition coefficient (Wildman–Crippen LogP) is 3.10. The number of fused-ring (bicyclic) bond motifs is 1. The van der Waals surface area contributed by atoms with E-state index in [1.54, 1.807) is 20.8 Å². The lowest BCUT2D eigenvalue weighted by Crippen LogP contribution is -2.59. The van der Waals surface area contributed by atoms with Gasteiger partial charge in [-0.05, 0) is 29.5 Å². The summed E-state index contributed by atoms with van der Waals surface area (Å²) in [7, 11) is 0. The molecule has 156 valence electrons. The Bertz CT molecular complexity index is 986. The van der Waals surface area contributed by atoms with Gasteiger partial charge in [0, 0.05) is 12.6 Å². The molecule has 2 N–H and O–H groups in total. The number of benzene rings is 2. The topological polar surface area (TPSA) is 86.7 Å². The standard InChI is InChI=1S/C24H26N2O4/c1-4-26-21(27)18-19(22(26)28)24(14(2)3,23(29)30)25-20(18)17-12-10-16(11-13-17)15-8-6-5-7-9-15/h5-14,18-20,25H,4H2,1-3H3,(H,29,30). The van der Waals surface area contributed by atoms with Crippen LogP contribution in [0, 0.1) is 17.8 Å². The number of carboxylic acids is 1. The van der Waals surface area contributed by atoms with Gasteiger partial charge >= 0.3 is 5.97 Å². The summed E-state index contributed by atoms with van der Waals surface area (Å²) < 4.78 is 0. The van der Waals surface area contributed by atoms with Gasteiger partial charge in [-0.2, -0.15) is 0 Å². The number of hydrogen-bond donors (Lipinski definition) is 2. The number of carboxylic acid groups (broad SMARTS) is 1. The summed E-state index contributed by atoms with van der Waals surface area (Å²) in [5.74, 6) is -3.78. The molecule has 4 unspecified atom stereocenters. The number of carbonyl (C=O) groups is 3. The number of imide groups is 1. The van der Waals surface area contributed by atoms with Crippen molar-refractivity contribution in [3.05, 3.63) is 60.2 Å². The van der Waals surface area contributed by atoms with Gasteiger partial charge in [0.05, 0.1) is 11.8 Å². The third-order valence-electron chi connectivity index (χ3n) is 6.64. The molecule has 2 heterocycles. The Hall–Kier alpha value is -2.99. The van der Waals surface area contributed by atoms with Crippen LogP contribution in [0.3, 0.4) is 0 Å². The molecule has 2 amide bonds. The Kier molecular flexibility index (Phi) is 4.98. The molecular formula is C24H26N2O4. The van der Waals surface area contributed by atoms with Crippen molar-refractivity contribution < 1.29 is 19.5 Å². The van der Waals surface area contributed by atoms with Crippen molar-refractivity contribution in [2.24, 2.45) is 17.8 Å². The Morgan fingerprint density at radius 2 is 1.63 bits per heavy atom. The zero-order valence-electron chi connectivity index (χ0n) is 17.3. The molecular weight excluding hydrogens is 380 g/mol. The van der Waals surface area contributed by atoms with Crippen LogP contribution in [0.1, 0.15) is 32.4 Å². The van der Waals surface area contributed by atoms with Gasteiger partial charge in [-0.1, -0.05) is 68.4 Å². The quantitative estimate of drug-likeness (QED) is 0.745. The van der Waals surface area contributed by atoms with Gasteiger partial charge in [-0.15, -0.1) is 0 Å². The number of nitrogens with one attached hydrogen (secondary N) is 1. The summed E-state index contributed by atoms with van der Waals surface area (Å²) >= 11 is 0. The molecule has 4 rings (SSSR count). The lowest BCUT2D eigenvalue weighted by Gasteiger charge is -2.34. The van der Waals surface area contributed by atoms with Crippen molar-refractivity contribution >= 4 is 17.8 Å². The maximum atomic E-state index is 13.1. The lowest BCUT2D eigenvalue weighted by molar-refractivity contribution is -0.153. The summed E-state index contributed by atoms with van der Waals surface area (Å²) in [5.41, 5.74) is 1.44. The molecule has 0 radical (unpaired) electrons. The molecule has 0 aliphatic carbocycles. The van der Waals surface area contributed by atoms with Crippen LogP contribution >= 0.6 is 0 Å². The highest BCUT2D eigenvalue weighted by Gasteiger charge is 2.69. The average Bonchev–Trinajstić information content (AvgIpc) is 3.23. The Labute approximate surface area is 175 Å². The fourth-order valence-electron chi connectivity index (χ4n) is 5.09. The highest BCUT2D eigenvalue weighted by atomic mass is 16.4. The summed E-state index contributed by atoms with van der Waals surface area (Å²) in [4.78, 5) is 39.8. The van der Waals surface area contributed by atoms with Crippen LogP contribution < -0.4 is 5.32 Å². The second kappa shape index (κ2) is 7.36. The van der Waals surface area contributed by atoms with E-state index in [2.05, 4.69) is 5.32 Å². The molecule has 30 heavy (non-hydrogen) atoms. The van der Waals surface area contributed by atoms with Crippen molar-refractivity contribution in [3.8, 4) is 11.1 Å². The van der Waals surface area contributed by atoms with E-state index in [-0.39, 0.29) is 24.3 Å². The Balaban J connectivity index is 1.77. The number of likely N-dealkylation sites (tertiary alicyclic amines) is 1. The Morgan fingerprint density at radius 3 is 2.17 bits per heavy atom. The van der Waals surface area contributed by atoms with Gasteiger partial charge in [0.1, 0.15) is 5.54 Å². The average molecular weight is 406 g/mol. The van der Waals surface area contributed by atoms with E-state index < -0.39 is 29.4 Å². The highest BCUT2D eigenvalue weighted by molar-refractivity contribution is 6.09. The SMILES string of the molecule is CCN1C(=O)C2C(c3ccc(-c4ccccc4)cc3)NC(C(=O)O)(C(C)C)C2C1=O. The van der Waals surface area contributed by atoms with Crippen LogP contribution in [0.4, 0.5) is 0 Å². The summed E-state index contributed by atoms with van der Waals surface area (Å²) in [6, 6.07) is 17.2. The molecule has 2 aliphatic heterocycles. The number of amides is 2.